The normalized spacial score (nSPS) is 13.4. The van der Waals surface area contributed by atoms with Crippen molar-refractivity contribution in [2.45, 2.75) is 19.8 Å². The van der Waals surface area contributed by atoms with Crippen LogP contribution in [0.15, 0.2) is 53.3 Å². The van der Waals surface area contributed by atoms with Gasteiger partial charge < -0.3 is 19.6 Å². The summed E-state index contributed by atoms with van der Waals surface area (Å²) in [6.45, 7) is 5.73. The first-order valence-electron chi connectivity index (χ1n) is 9.40. The maximum atomic E-state index is 10.5. The maximum absolute atomic E-state index is 10.5. The van der Waals surface area contributed by atoms with Crippen LogP contribution in [0.4, 0.5) is 5.69 Å². The molecule has 5 rings (SSSR count). The van der Waals surface area contributed by atoms with E-state index in [2.05, 4.69) is 30.2 Å². The average molecular weight is 390 g/mol. The Balaban J connectivity index is 0.000000171. The lowest BCUT2D eigenvalue weighted by Crippen LogP contribution is -2.40. The molecule has 1 aliphatic heterocycles. The molecular formula is C21H22N6O2. The van der Waals surface area contributed by atoms with Crippen molar-refractivity contribution in [3.05, 3.63) is 65.9 Å². The van der Waals surface area contributed by atoms with Gasteiger partial charge in [0.1, 0.15) is 5.65 Å². The summed E-state index contributed by atoms with van der Waals surface area (Å²) in [6, 6.07) is 11.7. The Labute approximate surface area is 168 Å². The van der Waals surface area contributed by atoms with Crippen molar-refractivity contribution in [2.24, 2.45) is 0 Å². The van der Waals surface area contributed by atoms with Crippen molar-refractivity contribution in [1.82, 2.24) is 24.8 Å². The summed E-state index contributed by atoms with van der Waals surface area (Å²) in [6.07, 6.45) is 4.54. The number of hydrogen-bond donors (Lipinski definition) is 2. The van der Waals surface area contributed by atoms with Crippen molar-refractivity contribution >= 4 is 17.7 Å². The summed E-state index contributed by atoms with van der Waals surface area (Å²) >= 11 is 0. The average Bonchev–Trinajstić information content (AvgIpc) is 3.31. The van der Waals surface area contributed by atoms with E-state index in [0.717, 1.165) is 35.6 Å². The summed E-state index contributed by atoms with van der Waals surface area (Å²) in [5, 5.41) is 9.82. The van der Waals surface area contributed by atoms with Gasteiger partial charge in [0, 0.05) is 42.4 Å². The molecule has 4 heterocycles. The summed E-state index contributed by atoms with van der Waals surface area (Å²) < 4.78 is 7.32. The van der Waals surface area contributed by atoms with Gasteiger partial charge in [0.05, 0.1) is 5.92 Å². The molecule has 2 N–H and O–H groups in total. The molecule has 148 valence electrons. The van der Waals surface area contributed by atoms with Crippen molar-refractivity contribution in [2.75, 3.05) is 18.4 Å². The number of hydrogen-bond acceptors (Lipinski definition) is 6. The number of imidazole rings is 1. The molecule has 1 saturated heterocycles. The van der Waals surface area contributed by atoms with Gasteiger partial charge in [0.15, 0.2) is 0 Å². The summed E-state index contributed by atoms with van der Waals surface area (Å²) in [5.74, 6) is 1.54. The van der Waals surface area contributed by atoms with Crippen LogP contribution in [-0.2, 0) is 4.79 Å². The van der Waals surface area contributed by atoms with E-state index in [9.17, 15) is 4.79 Å². The Morgan fingerprint density at radius 2 is 2.10 bits per heavy atom. The van der Waals surface area contributed by atoms with Crippen LogP contribution in [0.3, 0.4) is 0 Å². The summed E-state index contributed by atoms with van der Waals surface area (Å²) in [7, 11) is 0. The molecule has 0 radical (unpaired) electrons. The predicted octanol–water partition coefficient (Wildman–Crippen LogP) is 2.94. The third kappa shape index (κ3) is 4.02. The van der Waals surface area contributed by atoms with Crippen LogP contribution in [0.5, 0.6) is 0 Å². The van der Waals surface area contributed by atoms with Crippen molar-refractivity contribution < 1.29 is 9.32 Å². The summed E-state index contributed by atoms with van der Waals surface area (Å²) in [4.78, 5) is 19.1. The molecule has 4 aromatic rings. The van der Waals surface area contributed by atoms with E-state index in [1.807, 2.05) is 62.6 Å². The Hall–Kier alpha value is -3.52. The van der Waals surface area contributed by atoms with Gasteiger partial charge in [-0.1, -0.05) is 23.4 Å². The van der Waals surface area contributed by atoms with Crippen LogP contribution in [0.25, 0.3) is 17.0 Å². The van der Waals surface area contributed by atoms with Crippen molar-refractivity contribution in [3.63, 3.8) is 0 Å². The van der Waals surface area contributed by atoms with Gasteiger partial charge in [-0.25, -0.2) is 4.98 Å². The number of amides is 1. The van der Waals surface area contributed by atoms with Gasteiger partial charge in [0.25, 0.3) is 0 Å². The molecule has 3 aromatic heterocycles. The van der Waals surface area contributed by atoms with Gasteiger partial charge in [0.2, 0.25) is 18.1 Å². The molecule has 0 atom stereocenters. The minimum absolute atomic E-state index is 0.319. The second-order valence-corrected chi connectivity index (χ2v) is 6.93. The number of rotatable bonds is 4. The highest BCUT2D eigenvalue weighted by Crippen LogP contribution is 2.25. The molecule has 1 fully saturated rings. The van der Waals surface area contributed by atoms with E-state index in [4.69, 9.17) is 4.52 Å². The van der Waals surface area contributed by atoms with Gasteiger partial charge in [-0.2, -0.15) is 4.98 Å². The van der Waals surface area contributed by atoms with Gasteiger partial charge in [-0.3, -0.25) is 4.79 Å². The number of aromatic nitrogens is 4. The quantitative estimate of drug-likeness (QED) is 0.520. The fourth-order valence-corrected chi connectivity index (χ4v) is 3.02. The first-order chi connectivity index (χ1) is 14.2. The molecule has 0 spiro atoms. The lowest BCUT2D eigenvalue weighted by Gasteiger charge is -2.22. The number of pyridine rings is 1. The number of carbonyl (C=O) groups is 1. The van der Waals surface area contributed by atoms with Gasteiger partial charge in [-0.05, 0) is 37.6 Å². The van der Waals surface area contributed by atoms with E-state index in [-0.39, 0.29) is 0 Å². The fraction of sp³-hybridized carbons (Fsp3) is 0.238. The van der Waals surface area contributed by atoms with Crippen LogP contribution in [0, 0.1) is 13.8 Å². The number of fused-ring (bicyclic) bond motifs is 1. The van der Waals surface area contributed by atoms with Crippen LogP contribution < -0.4 is 10.6 Å². The first kappa shape index (κ1) is 18.8. The molecule has 1 amide bonds. The Bertz CT molecular complexity index is 1130. The smallest absolute Gasteiger partial charge is 0.232 e. The molecule has 0 saturated carbocycles. The molecule has 1 aromatic carbocycles. The molecule has 1 aliphatic rings. The number of carbonyl (C=O) groups excluding carboxylic acids is 1. The molecule has 0 aliphatic carbocycles. The lowest BCUT2D eigenvalue weighted by molar-refractivity contribution is -0.105. The number of nitrogens with zero attached hydrogens (tertiary/aromatic N) is 4. The minimum Gasteiger partial charge on any atom is -0.339 e. The zero-order valence-corrected chi connectivity index (χ0v) is 16.3. The highest BCUT2D eigenvalue weighted by molar-refractivity contribution is 5.76. The number of nitrogens with one attached hydrogen (secondary N) is 2. The Morgan fingerprint density at radius 3 is 2.83 bits per heavy atom. The van der Waals surface area contributed by atoms with Crippen LogP contribution in [0.2, 0.25) is 0 Å². The molecule has 0 unspecified atom stereocenters. The second-order valence-electron chi connectivity index (χ2n) is 6.93. The topological polar surface area (TPSA) is 97.4 Å². The summed E-state index contributed by atoms with van der Waals surface area (Å²) in [5.41, 5.74) is 4.76. The van der Waals surface area contributed by atoms with Crippen molar-refractivity contribution in [1.29, 1.82) is 0 Å². The molecule has 0 bridgehead atoms. The predicted molar refractivity (Wildman–Crippen MR) is 110 cm³/mol. The van der Waals surface area contributed by atoms with E-state index in [1.54, 1.807) is 0 Å². The third-order valence-corrected chi connectivity index (χ3v) is 4.88. The zero-order chi connectivity index (χ0) is 20.2. The van der Waals surface area contributed by atoms with Gasteiger partial charge >= 0.3 is 0 Å². The fourth-order valence-electron chi connectivity index (χ4n) is 3.02. The number of benzene rings is 1. The minimum atomic E-state index is 0.319. The maximum Gasteiger partial charge on any atom is 0.232 e. The van der Waals surface area contributed by atoms with E-state index < -0.39 is 0 Å². The zero-order valence-electron chi connectivity index (χ0n) is 16.3. The van der Waals surface area contributed by atoms with E-state index in [1.165, 1.54) is 5.69 Å². The highest BCUT2D eigenvalue weighted by Gasteiger charge is 2.25. The molecule has 8 nitrogen and oxygen atoms in total. The molecular weight excluding hydrogens is 368 g/mol. The largest absolute Gasteiger partial charge is 0.339 e. The SMILES string of the molecule is Cc1ccc(-c2noc(C3CNC3)n2)cc1NC=O.Cc1cnc2ccccn12. The van der Waals surface area contributed by atoms with Crippen LogP contribution in [-0.4, -0.2) is 39.0 Å². The third-order valence-electron chi connectivity index (χ3n) is 4.88. The number of anilines is 1. The van der Waals surface area contributed by atoms with Gasteiger partial charge in [-0.15, -0.1) is 0 Å². The second kappa shape index (κ2) is 8.24. The highest BCUT2D eigenvalue weighted by atomic mass is 16.5. The Kier molecular flexibility index (Phi) is 5.35. The van der Waals surface area contributed by atoms with Crippen molar-refractivity contribution in [3.8, 4) is 11.4 Å². The standard InChI is InChI=1S/C13H14N4O2.C8H8N2/c1-8-2-3-9(4-11(8)15-7-18)12-16-13(19-17-12)10-5-14-6-10;1-7-6-9-8-4-2-3-5-10(7)8/h2-4,7,10,14H,5-6H2,1H3,(H,15,18);2-6H,1H3. The Morgan fingerprint density at radius 1 is 1.24 bits per heavy atom. The van der Waals surface area contributed by atoms with Crippen LogP contribution >= 0.6 is 0 Å². The van der Waals surface area contributed by atoms with Crippen LogP contribution in [0.1, 0.15) is 23.1 Å². The first-order valence-corrected chi connectivity index (χ1v) is 9.40. The van der Waals surface area contributed by atoms with E-state index in [0.29, 0.717) is 24.0 Å². The lowest BCUT2D eigenvalue weighted by atomic mass is 10.0. The number of aryl methyl sites for hydroxylation is 2. The van der Waals surface area contributed by atoms with E-state index >= 15 is 0 Å². The monoisotopic (exact) mass is 390 g/mol. The molecule has 29 heavy (non-hydrogen) atoms. The molecule has 8 heteroatoms.